The van der Waals surface area contributed by atoms with Crippen molar-refractivity contribution < 1.29 is 14.8 Å². The van der Waals surface area contributed by atoms with Crippen molar-refractivity contribution >= 4 is 5.69 Å². The Hall–Kier alpha value is -1.53. The Morgan fingerprint density at radius 1 is 1.52 bits per heavy atom. The normalized spacial score (nSPS) is 36.4. The highest BCUT2D eigenvalue weighted by Crippen LogP contribution is 2.50. The van der Waals surface area contributed by atoms with Crippen LogP contribution in [-0.2, 0) is 4.74 Å². The van der Waals surface area contributed by atoms with Crippen LogP contribution >= 0.6 is 0 Å². The van der Waals surface area contributed by atoms with Crippen LogP contribution in [-0.4, -0.2) is 26.7 Å². The largest absolute Gasteiger partial charge is 0.387 e. The number of hydrogen-bond donors (Lipinski definition) is 1. The first-order valence-corrected chi connectivity index (χ1v) is 7.37. The van der Waals surface area contributed by atoms with Gasteiger partial charge in [-0.15, -0.1) is 0 Å². The maximum Gasteiger partial charge on any atom is 0.293 e. The fourth-order valence-corrected chi connectivity index (χ4v) is 3.22. The monoisotopic (exact) mass is 292 g/mol. The zero-order valence-corrected chi connectivity index (χ0v) is 12.2. The van der Waals surface area contributed by atoms with Crippen LogP contribution < -0.4 is 0 Å². The van der Waals surface area contributed by atoms with E-state index in [4.69, 9.17) is 4.74 Å². The molecule has 0 amide bonds. The van der Waals surface area contributed by atoms with Crippen LogP contribution in [0.2, 0.25) is 0 Å². The second-order valence-electron chi connectivity index (χ2n) is 6.44. The molecule has 1 N–H and O–H groups in total. The average molecular weight is 292 g/mol. The molecule has 1 aliphatic carbocycles. The molecule has 2 aliphatic rings. The zero-order valence-electron chi connectivity index (χ0n) is 12.2. The van der Waals surface area contributed by atoms with E-state index < -0.39 is 10.5 Å². The second-order valence-corrected chi connectivity index (χ2v) is 6.44. The lowest BCUT2D eigenvalue weighted by Gasteiger charge is -2.45. The van der Waals surface area contributed by atoms with E-state index >= 15 is 0 Å². The van der Waals surface area contributed by atoms with Gasteiger partial charge in [-0.25, -0.2) is 0 Å². The van der Waals surface area contributed by atoms with Crippen LogP contribution in [0.5, 0.6) is 0 Å². The Morgan fingerprint density at radius 2 is 2.24 bits per heavy atom. The third kappa shape index (κ3) is 2.53. The van der Waals surface area contributed by atoms with Crippen molar-refractivity contribution in [3.63, 3.8) is 0 Å². The molecule has 2 heterocycles. The molecule has 1 saturated heterocycles. The second kappa shape index (κ2) is 5.03. The van der Waals surface area contributed by atoms with Gasteiger partial charge in [-0.05, 0) is 44.1 Å². The van der Waals surface area contributed by atoms with Crippen molar-refractivity contribution in [2.45, 2.75) is 50.9 Å². The van der Waals surface area contributed by atoms with E-state index in [0.29, 0.717) is 17.9 Å². The minimum atomic E-state index is -0.876. The lowest BCUT2D eigenvalue weighted by atomic mass is 9.76. The molecule has 1 aliphatic heterocycles. The van der Waals surface area contributed by atoms with Gasteiger partial charge < -0.3 is 9.84 Å². The maximum atomic E-state index is 11.2. The molecule has 1 saturated carbocycles. The Balaban J connectivity index is 1.92. The van der Waals surface area contributed by atoms with Gasteiger partial charge in [-0.2, -0.15) is 0 Å². The predicted molar refractivity (Wildman–Crippen MR) is 75.6 cm³/mol. The van der Waals surface area contributed by atoms with Gasteiger partial charge in [0.25, 0.3) is 5.69 Å². The smallest absolute Gasteiger partial charge is 0.293 e. The number of aromatic nitrogens is 1. The van der Waals surface area contributed by atoms with Crippen molar-refractivity contribution in [3.8, 4) is 0 Å². The molecule has 2 fully saturated rings. The van der Waals surface area contributed by atoms with E-state index in [1.807, 2.05) is 13.8 Å². The molecule has 0 radical (unpaired) electrons. The van der Waals surface area contributed by atoms with Crippen molar-refractivity contribution in [3.05, 3.63) is 34.1 Å². The Kier molecular flexibility index (Phi) is 3.45. The quantitative estimate of drug-likeness (QED) is 0.683. The minimum absolute atomic E-state index is 0.00853. The first-order valence-electron chi connectivity index (χ1n) is 7.37. The summed E-state index contributed by atoms with van der Waals surface area (Å²) in [7, 11) is 0. The summed E-state index contributed by atoms with van der Waals surface area (Å²) in [6, 6.07) is 1.65. The Morgan fingerprint density at radius 3 is 2.86 bits per heavy atom. The van der Waals surface area contributed by atoms with E-state index in [1.165, 1.54) is 6.20 Å². The fourth-order valence-electron chi connectivity index (χ4n) is 3.22. The summed E-state index contributed by atoms with van der Waals surface area (Å²) in [4.78, 5) is 14.6. The standard InChI is InChI=1S/C15H20N2O4/c1-9-7-13(11-5-6-16-8-12(11)17(19)20)21-14(10-3-4-10)15(9,2)18/h5-6,8-10,13-14,18H,3-4,7H2,1-2H3/t9?,13-,14-,15+/m1/s1. The average Bonchev–Trinajstić information content (AvgIpc) is 3.26. The van der Waals surface area contributed by atoms with E-state index in [2.05, 4.69) is 4.98 Å². The lowest BCUT2D eigenvalue weighted by Crippen LogP contribution is -2.52. The van der Waals surface area contributed by atoms with E-state index in [9.17, 15) is 15.2 Å². The highest BCUT2D eigenvalue weighted by Gasteiger charge is 2.51. The van der Waals surface area contributed by atoms with Crippen LogP contribution in [0.4, 0.5) is 5.69 Å². The number of hydrogen-bond acceptors (Lipinski definition) is 5. The van der Waals surface area contributed by atoms with E-state index in [1.54, 1.807) is 12.3 Å². The van der Waals surface area contributed by atoms with Gasteiger partial charge in [0, 0.05) is 6.20 Å². The highest BCUT2D eigenvalue weighted by atomic mass is 16.6. The summed E-state index contributed by atoms with van der Waals surface area (Å²) in [5.41, 5.74) is -0.326. The van der Waals surface area contributed by atoms with Crippen LogP contribution in [0, 0.1) is 22.0 Å². The predicted octanol–water partition coefficient (Wildman–Crippen LogP) is 2.62. The highest BCUT2D eigenvalue weighted by molar-refractivity contribution is 5.39. The van der Waals surface area contributed by atoms with Crippen LogP contribution in [0.25, 0.3) is 0 Å². The minimum Gasteiger partial charge on any atom is -0.387 e. The molecule has 21 heavy (non-hydrogen) atoms. The van der Waals surface area contributed by atoms with Crippen molar-refractivity contribution in [2.75, 3.05) is 0 Å². The van der Waals surface area contributed by atoms with Gasteiger partial charge in [0.15, 0.2) is 0 Å². The van der Waals surface area contributed by atoms with E-state index in [0.717, 1.165) is 12.8 Å². The molecule has 4 atom stereocenters. The summed E-state index contributed by atoms with van der Waals surface area (Å²) in [6.45, 7) is 3.80. The fraction of sp³-hybridized carbons (Fsp3) is 0.667. The van der Waals surface area contributed by atoms with Gasteiger partial charge in [-0.3, -0.25) is 15.1 Å². The number of pyridine rings is 1. The molecule has 0 spiro atoms. The SMILES string of the molecule is CC1C[C@H](c2ccncc2[N+](=O)[O-])O[C@H](C2CC2)[C@@]1(C)O. The third-order valence-corrected chi connectivity index (χ3v) is 4.88. The van der Waals surface area contributed by atoms with Gasteiger partial charge in [-0.1, -0.05) is 6.92 Å². The summed E-state index contributed by atoms with van der Waals surface area (Å²) < 4.78 is 6.09. The van der Waals surface area contributed by atoms with Crippen molar-refractivity contribution in [1.29, 1.82) is 0 Å². The van der Waals surface area contributed by atoms with E-state index in [-0.39, 0.29) is 23.8 Å². The Bertz CT molecular complexity index is 556. The number of nitro groups is 1. The first kappa shape index (κ1) is 14.4. The van der Waals surface area contributed by atoms with Gasteiger partial charge in [0.1, 0.15) is 6.20 Å². The molecule has 114 valence electrons. The number of aliphatic hydroxyl groups is 1. The molecule has 1 aromatic heterocycles. The molecule has 3 rings (SSSR count). The summed E-state index contributed by atoms with van der Waals surface area (Å²) in [5.74, 6) is 0.390. The zero-order chi connectivity index (χ0) is 15.2. The Labute approximate surface area is 123 Å². The topological polar surface area (TPSA) is 85.5 Å². The number of nitrogens with zero attached hydrogens (tertiary/aromatic N) is 2. The number of ether oxygens (including phenoxy) is 1. The molecule has 0 aromatic carbocycles. The lowest BCUT2D eigenvalue weighted by molar-refractivity contribution is -0.387. The van der Waals surface area contributed by atoms with Gasteiger partial charge in [0.2, 0.25) is 0 Å². The maximum absolute atomic E-state index is 11.2. The van der Waals surface area contributed by atoms with Crippen LogP contribution in [0.1, 0.15) is 44.8 Å². The van der Waals surface area contributed by atoms with Crippen LogP contribution in [0.15, 0.2) is 18.5 Å². The molecule has 6 heteroatoms. The molecule has 6 nitrogen and oxygen atoms in total. The molecule has 1 aromatic rings. The molecule has 1 unspecified atom stereocenters. The summed E-state index contributed by atoms with van der Waals surface area (Å²) >= 11 is 0. The van der Waals surface area contributed by atoms with Crippen molar-refractivity contribution in [1.82, 2.24) is 4.98 Å². The summed E-state index contributed by atoms with van der Waals surface area (Å²) in [6.07, 6.45) is 4.89. The molecule has 0 bridgehead atoms. The van der Waals surface area contributed by atoms with Gasteiger partial charge in [0.05, 0.1) is 28.3 Å². The summed E-state index contributed by atoms with van der Waals surface area (Å²) in [5, 5.41) is 21.8. The van der Waals surface area contributed by atoms with Crippen molar-refractivity contribution in [2.24, 2.45) is 11.8 Å². The molecular weight excluding hydrogens is 272 g/mol. The number of rotatable bonds is 3. The third-order valence-electron chi connectivity index (χ3n) is 4.88. The van der Waals surface area contributed by atoms with Gasteiger partial charge >= 0.3 is 0 Å². The van der Waals surface area contributed by atoms with Crippen LogP contribution in [0.3, 0.4) is 0 Å². The first-order chi connectivity index (χ1) is 9.91. The molecular formula is C15H20N2O4.